The number of nitrogens with zero attached hydrogens (tertiary/aromatic N) is 2. The van der Waals surface area contributed by atoms with Crippen LogP contribution in [0.2, 0.25) is 0 Å². The Morgan fingerprint density at radius 1 is 1.23 bits per heavy atom. The van der Waals surface area contributed by atoms with Crippen LogP contribution >= 0.6 is 0 Å². The van der Waals surface area contributed by atoms with Gasteiger partial charge >= 0.3 is 5.97 Å². The zero-order valence-electron chi connectivity index (χ0n) is 15.9. The number of aliphatic imine (C=N–C) groups is 1. The highest BCUT2D eigenvalue weighted by molar-refractivity contribution is 5.80. The third-order valence-electron chi connectivity index (χ3n) is 4.40. The number of methoxy groups -OCH3 is 1. The average Bonchev–Trinajstić information content (AvgIpc) is 2.68. The van der Waals surface area contributed by atoms with Gasteiger partial charge in [-0.3, -0.25) is 9.79 Å². The Morgan fingerprint density at radius 3 is 2.62 bits per heavy atom. The van der Waals surface area contributed by atoms with Gasteiger partial charge in [0.15, 0.2) is 5.96 Å². The number of ether oxygens (including phenoxy) is 2. The molecule has 6 nitrogen and oxygen atoms in total. The Balaban J connectivity index is 1.75. The van der Waals surface area contributed by atoms with E-state index in [-0.39, 0.29) is 12.1 Å². The van der Waals surface area contributed by atoms with Gasteiger partial charge in [0.1, 0.15) is 11.9 Å². The number of para-hydroxylation sites is 1. The van der Waals surface area contributed by atoms with Crippen LogP contribution in [-0.4, -0.2) is 56.2 Å². The topological polar surface area (TPSA) is 63.2 Å². The number of likely N-dealkylation sites (tertiary alicyclic amines) is 1. The standard InChI is InChI=1S/C20H31N3O3/c1-3-21-20(22-14-8-7-11-19(24)25-2)23-15-12-18(13-16-23)26-17-9-5-4-6-10-17/h4-6,9-10,18H,3,7-8,11-16H2,1-2H3,(H,21,22). The lowest BCUT2D eigenvalue weighted by Gasteiger charge is -2.34. The van der Waals surface area contributed by atoms with Crippen LogP contribution in [0.5, 0.6) is 5.75 Å². The lowest BCUT2D eigenvalue weighted by atomic mass is 10.1. The van der Waals surface area contributed by atoms with Crippen molar-refractivity contribution in [2.75, 3.05) is 33.3 Å². The van der Waals surface area contributed by atoms with Crippen molar-refractivity contribution in [3.8, 4) is 5.75 Å². The monoisotopic (exact) mass is 361 g/mol. The summed E-state index contributed by atoms with van der Waals surface area (Å²) in [4.78, 5) is 18.1. The van der Waals surface area contributed by atoms with Crippen molar-refractivity contribution >= 4 is 11.9 Å². The molecule has 1 N–H and O–H groups in total. The fraction of sp³-hybridized carbons (Fsp3) is 0.600. The highest BCUT2D eigenvalue weighted by Crippen LogP contribution is 2.18. The van der Waals surface area contributed by atoms with Crippen molar-refractivity contribution < 1.29 is 14.3 Å². The Labute approximate surface area is 156 Å². The molecule has 1 aliphatic heterocycles. The second kappa shape index (κ2) is 11.4. The molecular formula is C20H31N3O3. The zero-order valence-corrected chi connectivity index (χ0v) is 15.9. The molecule has 0 saturated carbocycles. The number of hydrogen-bond acceptors (Lipinski definition) is 4. The molecule has 0 unspecified atom stereocenters. The molecule has 0 bridgehead atoms. The molecule has 1 aliphatic rings. The number of esters is 1. The lowest BCUT2D eigenvalue weighted by molar-refractivity contribution is -0.140. The molecule has 1 fully saturated rings. The van der Waals surface area contributed by atoms with E-state index in [0.717, 1.165) is 63.6 Å². The van der Waals surface area contributed by atoms with E-state index in [2.05, 4.69) is 21.9 Å². The molecule has 0 spiro atoms. The molecule has 0 aromatic heterocycles. The summed E-state index contributed by atoms with van der Waals surface area (Å²) in [6, 6.07) is 10.0. The number of hydrogen-bond donors (Lipinski definition) is 1. The summed E-state index contributed by atoms with van der Waals surface area (Å²) in [5.41, 5.74) is 0. The summed E-state index contributed by atoms with van der Waals surface area (Å²) in [7, 11) is 1.43. The van der Waals surface area contributed by atoms with E-state index in [0.29, 0.717) is 6.42 Å². The van der Waals surface area contributed by atoms with E-state index < -0.39 is 0 Å². The minimum atomic E-state index is -0.152. The normalized spacial score (nSPS) is 15.6. The predicted octanol–water partition coefficient (Wildman–Crippen LogP) is 2.84. The molecule has 144 valence electrons. The van der Waals surface area contributed by atoms with E-state index in [1.165, 1.54) is 7.11 Å². The van der Waals surface area contributed by atoms with Crippen LogP contribution in [0.1, 0.15) is 39.0 Å². The van der Waals surface area contributed by atoms with Crippen molar-refractivity contribution in [2.45, 2.75) is 45.1 Å². The fourth-order valence-corrected chi connectivity index (χ4v) is 2.97. The maximum Gasteiger partial charge on any atom is 0.305 e. The molecule has 0 aliphatic carbocycles. The quantitative estimate of drug-likeness (QED) is 0.334. The Bertz CT molecular complexity index is 555. The van der Waals surface area contributed by atoms with Gasteiger partial charge in [-0.2, -0.15) is 0 Å². The van der Waals surface area contributed by atoms with E-state index in [4.69, 9.17) is 9.73 Å². The summed E-state index contributed by atoms with van der Waals surface area (Å²) in [6.07, 6.45) is 4.39. The number of rotatable bonds is 8. The first-order valence-electron chi connectivity index (χ1n) is 9.54. The maximum absolute atomic E-state index is 11.1. The minimum absolute atomic E-state index is 0.152. The van der Waals surface area contributed by atoms with Crippen LogP contribution in [0.4, 0.5) is 0 Å². The smallest absolute Gasteiger partial charge is 0.305 e. The Morgan fingerprint density at radius 2 is 1.96 bits per heavy atom. The number of benzene rings is 1. The number of unbranched alkanes of at least 4 members (excludes halogenated alkanes) is 1. The highest BCUT2D eigenvalue weighted by Gasteiger charge is 2.22. The molecule has 0 radical (unpaired) electrons. The summed E-state index contributed by atoms with van der Waals surface area (Å²) >= 11 is 0. The van der Waals surface area contributed by atoms with Gasteiger partial charge in [-0.1, -0.05) is 18.2 Å². The van der Waals surface area contributed by atoms with Crippen LogP contribution in [0.25, 0.3) is 0 Å². The first-order valence-corrected chi connectivity index (χ1v) is 9.54. The van der Waals surface area contributed by atoms with Crippen LogP contribution < -0.4 is 10.1 Å². The molecule has 6 heteroatoms. The third kappa shape index (κ3) is 6.94. The third-order valence-corrected chi connectivity index (χ3v) is 4.40. The van der Waals surface area contributed by atoms with Crippen LogP contribution in [-0.2, 0) is 9.53 Å². The Hall–Kier alpha value is -2.24. The van der Waals surface area contributed by atoms with E-state index in [9.17, 15) is 4.79 Å². The largest absolute Gasteiger partial charge is 0.490 e. The molecule has 1 saturated heterocycles. The second-order valence-corrected chi connectivity index (χ2v) is 6.39. The van der Waals surface area contributed by atoms with Crippen LogP contribution in [0.3, 0.4) is 0 Å². The predicted molar refractivity (Wildman–Crippen MR) is 104 cm³/mol. The first kappa shape index (κ1) is 20.1. The molecular weight excluding hydrogens is 330 g/mol. The Kier molecular flexibility index (Phi) is 8.79. The van der Waals surface area contributed by atoms with Crippen molar-refractivity contribution in [1.82, 2.24) is 10.2 Å². The van der Waals surface area contributed by atoms with Gasteiger partial charge in [0, 0.05) is 45.4 Å². The van der Waals surface area contributed by atoms with Crippen molar-refractivity contribution in [3.63, 3.8) is 0 Å². The molecule has 2 rings (SSSR count). The molecule has 1 aromatic carbocycles. The fourth-order valence-electron chi connectivity index (χ4n) is 2.97. The molecule has 26 heavy (non-hydrogen) atoms. The van der Waals surface area contributed by atoms with E-state index in [1.807, 2.05) is 30.3 Å². The van der Waals surface area contributed by atoms with Gasteiger partial charge in [0.2, 0.25) is 0 Å². The zero-order chi connectivity index (χ0) is 18.6. The number of guanidine groups is 1. The molecule has 0 amide bonds. The van der Waals surface area contributed by atoms with Crippen molar-refractivity contribution in [3.05, 3.63) is 30.3 Å². The van der Waals surface area contributed by atoms with Gasteiger partial charge in [-0.05, 0) is 31.9 Å². The number of carbonyl (C=O) groups excluding carboxylic acids is 1. The van der Waals surface area contributed by atoms with Gasteiger partial charge in [0.05, 0.1) is 7.11 Å². The average molecular weight is 361 g/mol. The maximum atomic E-state index is 11.1. The van der Waals surface area contributed by atoms with Crippen LogP contribution in [0.15, 0.2) is 35.3 Å². The number of nitrogens with one attached hydrogen (secondary N) is 1. The second-order valence-electron chi connectivity index (χ2n) is 6.39. The highest BCUT2D eigenvalue weighted by atomic mass is 16.5. The van der Waals surface area contributed by atoms with Gasteiger partial charge in [-0.15, -0.1) is 0 Å². The summed E-state index contributed by atoms with van der Waals surface area (Å²) in [5.74, 6) is 1.75. The summed E-state index contributed by atoms with van der Waals surface area (Å²) < 4.78 is 10.7. The van der Waals surface area contributed by atoms with Gasteiger partial charge in [-0.25, -0.2) is 0 Å². The van der Waals surface area contributed by atoms with Crippen molar-refractivity contribution in [1.29, 1.82) is 0 Å². The van der Waals surface area contributed by atoms with E-state index in [1.54, 1.807) is 0 Å². The molecule has 1 aromatic rings. The summed E-state index contributed by atoms with van der Waals surface area (Å²) in [6.45, 7) is 5.52. The van der Waals surface area contributed by atoms with Gasteiger partial charge in [0.25, 0.3) is 0 Å². The molecule has 1 heterocycles. The number of carbonyl (C=O) groups is 1. The van der Waals surface area contributed by atoms with Gasteiger partial charge < -0.3 is 19.7 Å². The first-order chi connectivity index (χ1) is 12.7. The van der Waals surface area contributed by atoms with Crippen LogP contribution in [0, 0.1) is 0 Å². The lowest BCUT2D eigenvalue weighted by Crippen LogP contribution is -2.47. The minimum Gasteiger partial charge on any atom is -0.490 e. The van der Waals surface area contributed by atoms with E-state index >= 15 is 0 Å². The summed E-state index contributed by atoms with van der Waals surface area (Å²) in [5, 5.41) is 3.37. The van der Waals surface area contributed by atoms with Crippen molar-refractivity contribution in [2.24, 2.45) is 4.99 Å². The number of piperidine rings is 1. The molecule has 0 atom stereocenters. The SMILES string of the molecule is CCNC(=NCCCCC(=O)OC)N1CCC(Oc2ccccc2)CC1.